The van der Waals surface area contributed by atoms with Crippen molar-refractivity contribution in [1.29, 1.82) is 0 Å². The number of nitrogens with one attached hydrogen (secondary N) is 1. The molecule has 2 unspecified atom stereocenters. The van der Waals surface area contributed by atoms with Crippen LogP contribution in [0.3, 0.4) is 0 Å². The molecular formula is C16H28N2O. The molecule has 0 aromatic heterocycles. The maximum Gasteiger partial charge on any atom is 0.115 e. The summed E-state index contributed by atoms with van der Waals surface area (Å²) in [6, 6.07) is 8.41. The van der Waals surface area contributed by atoms with Gasteiger partial charge in [-0.2, -0.15) is 0 Å². The molecule has 0 bridgehead atoms. The first kappa shape index (κ1) is 16.0. The highest BCUT2D eigenvalue weighted by Gasteiger charge is 2.10. The van der Waals surface area contributed by atoms with Crippen molar-refractivity contribution < 1.29 is 5.11 Å². The van der Waals surface area contributed by atoms with E-state index in [0.29, 0.717) is 17.8 Å². The minimum Gasteiger partial charge on any atom is -0.508 e. The lowest BCUT2D eigenvalue weighted by molar-refractivity contribution is 0.263. The standard InChI is InChI=1S/C16H28N2O/c1-5-18(6-2)12-14(4)17-13(3)11-15-7-9-16(19)10-8-15/h7-10,13-14,17,19H,5-6,11-12H2,1-4H3. The Morgan fingerprint density at radius 1 is 1.05 bits per heavy atom. The SMILES string of the molecule is CCN(CC)CC(C)NC(C)Cc1ccc(O)cc1. The number of nitrogens with zero attached hydrogens (tertiary/aromatic N) is 1. The molecule has 0 saturated heterocycles. The smallest absolute Gasteiger partial charge is 0.115 e. The summed E-state index contributed by atoms with van der Waals surface area (Å²) in [5, 5.41) is 12.9. The van der Waals surface area contributed by atoms with Gasteiger partial charge >= 0.3 is 0 Å². The van der Waals surface area contributed by atoms with E-state index >= 15 is 0 Å². The zero-order chi connectivity index (χ0) is 14.3. The highest BCUT2D eigenvalue weighted by Crippen LogP contribution is 2.11. The summed E-state index contributed by atoms with van der Waals surface area (Å²) in [7, 11) is 0. The number of phenols is 1. The zero-order valence-corrected chi connectivity index (χ0v) is 12.7. The number of phenolic OH excluding ortho intramolecular Hbond substituents is 1. The Morgan fingerprint density at radius 3 is 2.16 bits per heavy atom. The second kappa shape index (κ2) is 8.18. The summed E-state index contributed by atoms with van der Waals surface area (Å²) in [4.78, 5) is 2.44. The fraction of sp³-hybridized carbons (Fsp3) is 0.625. The van der Waals surface area contributed by atoms with E-state index < -0.39 is 0 Å². The predicted molar refractivity (Wildman–Crippen MR) is 81.7 cm³/mol. The van der Waals surface area contributed by atoms with Crippen LogP contribution in [0.5, 0.6) is 5.75 Å². The van der Waals surface area contributed by atoms with E-state index in [4.69, 9.17) is 0 Å². The van der Waals surface area contributed by atoms with Gasteiger partial charge in [0.25, 0.3) is 0 Å². The van der Waals surface area contributed by atoms with E-state index in [1.54, 1.807) is 12.1 Å². The summed E-state index contributed by atoms with van der Waals surface area (Å²) in [5.41, 5.74) is 1.26. The second-order valence-corrected chi connectivity index (χ2v) is 5.33. The van der Waals surface area contributed by atoms with Gasteiger partial charge in [-0.3, -0.25) is 0 Å². The molecule has 108 valence electrons. The molecule has 0 spiro atoms. The van der Waals surface area contributed by atoms with Crippen molar-refractivity contribution >= 4 is 0 Å². The van der Waals surface area contributed by atoms with Crippen LogP contribution in [-0.2, 0) is 6.42 Å². The normalized spacial score (nSPS) is 14.6. The minimum absolute atomic E-state index is 0.333. The molecule has 3 heteroatoms. The molecule has 2 atom stereocenters. The van der Waals surface area contributed by atoms with Crippen LogP contribution in [0.25, 0.3) is 0 Å². The number of hydrogen-bond acceptors (Lipinski definition) is 3. The lowest BCUT2D eigenvalue weighted by atomic mass is 10.1. The third kappa shape index (κ3) is 6.08. The molecule has 1 rings (SSSR count). The summed E-state index contributed by atoms with van der Waals surface area (Å²) in [5.74, 6) is 0.333. The molecule has 0 saturated carbocycles. The van der Waals surface area contributed by atoms with Gasteiger partial charge in [0.15, 0.2) is 0 Å². The van der Waals surface area contributed by atoms with Gasteiger partial charge in [0, 0.05) is 18.6 Å². The number of likely N-dealkylation sites (N-methyl/N-ethyl adjacent to an activating group) is 1. The van der Waals surface area contributed by atoms with Gasteiger partial charge < -0.3 is 15.3 Å². The molecule has 2 N–H and O–H groups in total. The van der Waals surface area contributed by atoms with Gasteiger partial charge in [-0.05, 0) is 51.1 Å². The van der Waals surface area contributed by atoms with E-state index in [1.807, 2.05) is 12.1 Å². The average Bonchev–Trinajstić information content (AvgIpc) is 2.38. The maximum atomic E-state index is 9.27. The number of rotatable bonds is 8. The number of benzene rings is 1. The van der Waals surface area contributed by atoms with Crippen LogP contribution >= 0.6 is 0 Å². The molecule has 0 fully saturated rings. The van der Waals surface area contributed by atoms with Crippen LogP contribution < -0.4 is 5.32 Å². The number of aromatic hydroxyl groups is 1. The Labute approximate surface area is 117 Å². The lowest BCUT2D eigenvalue weighted by Gasteiger charge is -2.26. The summed E-state index contributed by atoms with van der Waals surface area (Å²) in [6.45, 7) is 12.2. The second-order valence-electron chi connectivity index (χ2n) is 5.33. The van der Waals surface area contributed by atoms with E-state index in [0.717, 1.165) is 26.1 Å². The van der Waals surface area contributed by atoms with Crippen LogP contribution in [0.2, 0.25) is 0 Å². The van der Waals surface area contributed by atoms with Crippen molar-refractivity contribution in [3.63, 3.8) is 0 Å². The Bertz CT molecular complexity index is 346. The van der Waals surface area contributed by atoms with Gasteiger partial charge in [0.1, 0.15) is 5.75 Å². The number of hydrogen-bond donors (Lipinski definition) is 2. The summed E-state index contributed by atoms with van der Waals surface area (Å²) in [6.07, 6.45) is 0.989. The van der Waals surface area contributed by atoms with Gasteiger partial charge in [-0.25, -0.2) is 0 Å². The molecule has 0 radical (unpaired) electrons. The third-order valence-corrected chi connectivity index (χ3v) is 3.47. The summed E-state index contributed by atoms with van der Waals surface area (Å²) >= 11 is 0. The molecule has 0 heterocycles. The fourth-order valence-corrected chi connectivity index (χ4v) is 2.45. The Morgan fingerprint density at radius 2 is 1.63 bits per heavy atom. The van der Waals surface area contributed by atoms with E-state index in [9.17, 15) is 5.11 Å². The van der Waals surface area contributed by atoms with Crippen LogP contribution in [0.4, 0.5) is 0 Å². The third-order valence-electron chi connectivity index (χ3n) is 3.47. The Kier molecular flexibility index (Phi) is 6.89. The molecule has 1 aromatic carbocycles. The van der Waals surface area contributed by atoms with Crippen molar-refractivity contribution in [1.82, 2.24) is 10.2 Å². The lowest BCUT2D eigenvalue weighted by Crippen LogP contribution is -2.43. The van der Waals surface area contributed by atoms with Crippen molar-refractivity contribution in [3.05, 3.63) is 29.8 Å². The minimum atomic E-state index is 0.333. The molecule has 3 nitrogen and oxygen atoms in total. The van der Waals surface area contributed by atoms with Gasteiger partial charge in [0.05, 0.1) is 0 Å². The first-order chi connectivity index (χ1) is 9.05. The van der Waals surface area contributed by atoms with Crippen molar-refractivity contribution in [2.45, 2.75) is 46.2 Å². The molecular weight excluding hydrogens is 236 g/mol. The van der Waals surface area contributed by atoms with E-state index in [1.165, 1.54) is 5.56 Å². The van der Waals surface area contributed by atoms with Crippen molar-refractivity contribution in [3.8, 4) is 5.75 Å². The largest absolute Gasteiger partial charge is 0.508 e. The maximum absolute atomic E-state index is 9.27. The fourth-order valence-electron chi connectivity index (χ4n) is 2.45. The monoisotopic (exact) mass is 264 g/mol. The molecule has 0 aliphatic heterocycles. The summed E-state index contributed by atoms with van der Waals surface area (Å²) < 4.78 is 0. The van der Waals surface area contributed by atoms with Gasteiger partial charge in [-0.1, -0.05) is 26.0 Å². The van der Waals surface area contributed by atoms with Crippen LogP contribution in [-0.4, -0.2) is 41.7 Å². The van der Waals surface area contributed by atoms with Gasteiger partial charge in [-0.15, -0.1) is 0 Å². The highest BCUT2D eigenvalue weighted by molar-refractivity contribution is 5.26. The molecule has 0 amide bonds. The zero-order valence-electron chi connectivity index (χ0n) is 12.7. The van der Waals surface area contributed by atoms with Crippen LogP contribution in [0.1, 0.15) is 33.3 Å². The molecule has 1 aromatic rings. The molecule has 0 aliphatic rings. The first-order valence-electron chi connectivity index (χ1n) is 7.31. The topological polar surface area (TPSA) is 35.5 Å². The van der Waals surface area contributed by atoms with E-state index in [-0.39, 0.29) is 0 Å². The van der Waals surface area contributed by atoms with E-state index in [2.05, 4.69) is 37.9 Å². The quantitative estimate of drug-likeness (QED) is 0.757. The first-order valence-corrected chi connectivity index (χ1v) is 7.31. The Hall–Kier alpha value is -1.06. The molecule has 0 aliphatic carbocycles. The van der Waals surface area contributed by atoms with Crippen molar-refractivity contribution in [2.75, 3.05) is 19.6 Å². The predicted octanol–water partition coefficient (Wildman–Crippen LogP) is 2.64. The van der Waals surface area contributed by atoms with Gasteiger partial charge in [0.2, 0.25) is 0 Å². The van der Waals surface area contributed by atoms with Crippen LogP contribution in [0, 0.1) is 0 Å². The van der Waals surface area contributed by atoms with Crippen molar-refractivity contribution in [2.24, 2.45) is 0 Å². The molecule has 19 heavy (non-hydrogen) atoms. The Balaban J connectivity index is 2.37. The average molecular weight is 264 g/mol. The highest BCUT2D eigenvalue weighted by atomic mass is 16.3. The van der Waals surface area contributed by atoms with Crippen LogP contribution in [0.15, 0.2) is 24.3 Å².